The molecule has 0 saturated heterocycles. The second-order valence-corrected chi connectivity index (χ2v) is 2.80. The van der Waals surface area contributed by atoms with E-state index in [0.29, 0.717) is 5.56 Å². The fourth-order valence-electron chi connectivity index (χ4n) is 1.26. The van der Waals surface area contributed by atoms with Crippen LogP contribution in [0.4, 0.5) is 8.78 Å². The lowest BCUT2D eigenvalue weighted by molar-refractivity contribution is 0.149. The van der Waals surface area contributed by atoms with Crippen molar-refractivity contribution in [1.29, 1.82) is 5.26 Å². The molecule has 0 amide bonds. The second kappa shape index (κ2) is 4.11. The highest BCUT2D eigenvalue weighted by atomic mass is 19.3. The van der Waals surface area contributed by atoms with E-state index in [9.17, 15) is 8.78 Å². The molecule has 0 radical (unpaired) electrons. The maximum absolute atomic E-state index is 12.5. The van der Waals surface area contributed by atoms with E-state index >= 15 is 0 Å². The van der Waals surface area contributed by atoms with Gasteiger partial charge >= 0.3 is 0 Å². The van der Waals surface area contributed by atoms with Crippen molar-refractivity contribution in [1.82, 2.24) is 4.98 Å². The van der Waals surface area contributed by atoms with Crippen LogP contribution in [0.3, 0.4) is 0 Å². The van der Waals surface area contributed by atoms with E-state index in [1.807, 2.05) is 0 Å². The molecule has 74 valence electrons. The Morgan fingerprint density at radius 1 is 1.64 bits per heavy atom. The summed E-state index contributed by atoms with van der Waals surface area (Å²) in [5.41, 5.74) is 5.68. The van der Waals surface area contributed by atoms with E-state index in [4.69, 9.17) is 11.0 Å². The minimum atomic E-state index is -2.60. The van der Waals surface area contributed by atoms with Crippen LogP contribution in [0.15, 0.2) is 6.07 Å². The molecule has 0 fully saturated rings. The van der Waals surface area contributed by atoms with Crippen molar-refractivity contribution >= 4 is 0 Å². The third-order valence-electron chi connectivity index (χ3n) is 1.87. The molecule has 0 aliphatic carbocycles. The van der Waals surface area contributed by atoms with Crippen LogP contribution in [0.2, 0.25) is 0 Å². The quantitative estimate of drug-likeness (QED) is 0.784. The van der Waals surface area contributed by atoms with Crippen molar-refractivity contribution < 1.29 is 8.78 Å². The van der Waals surface area contributed by atoms with Crippen molar-refractivity contribution in [3.8, 4) is 6.07 Å². The van der Waals surface area contributed by atoms with Crippen LogP contribution < -0.4 is 5.73 Å². The third kappa shape index (κ3) is 1.86. The number of hydrogen-bond donors (Lipinski definition) is 1. The van der Waals surface area contributed by atoms with Gasteiger partial charge in [0.15, 0.2) is 0 Å². The maximum Gasteiger partial charge on any atom is 0.265 e. The Morgan fingerprint density at radius 3 is 2.71 bits per heavy atom. The largest absolute Gasteiger partial charge is 0.325 e. The van der Waals surface area contributed by atoms with E-state index in [1.165, 1.54) is 13.0 Å². The highest BCUT2D eigenvalue weighted by Gasteiger charge is 2.17. The summed E-state index contributed by atoms with van der Waals surface area (Å²) >= 11 is 0. The summed E-state index contributed by atoms with van der Waals surface area (Å²) < 4.78 is 25.1. The summed E-state index contributed by atoms with van der Waals surface area (Å²) in [5, 5.41) is 8.57. The summed E-state index contributed by atoms with van der Waals surface area (Å²) in [6.07, 6.45) is -2.60. The molecule has 1 aromatic heterocycles. The minimum absolute atomic E-state index is 0.0873. The molecule has 0 spiro atoms. The monoisotopic (exact) mass is 197 g/mol. The van der Waals surface area contributed by atoms with Crippen LogP contribution in [0, 0.1) is 18.3 Å². The van der Waals surface area contributed by atoms with Gasteiger partial charge in [-0.25, -0.2) is 13.8 Å². The van der Waals surface area contributed by atoms with Crippen LogP contribution in [0.1, 0.15) is 28.9 Å². The molecule has 1 heterocycles. The molecule has 0 aromatic carbocycles. The first-order valence-electron chi connectivity index (χ1n) is 3.99. The Bertz CT molecular complexity index is 382. The van der Waals surface area contributed by atoms with Gasteiger partial charge in [0, 0.05) is 12.1 Å². The third-order valence-corrected chi connectivity index (χ3v) is 1.87. The van der Waals surface area contributed by atoms with Crippen LogP contribution in [0.25, 0.3) is 0 Å². The number of aryl methyl sites for hydroxylation is 1. The van der Waals surface area contributed by atoms with Crippen LogP contribution in [-0.2, 0) is 6.54 Å². The van der Waals surface area contributed by atoms with Crippen molar-refractivity contribution in [2.45, 2.75) is 19.9 Å². The molecule has 0 aliphatic rings. The van der Waals surface area contributed by atoms with Gasteiger partial charge in [-0.2, -0.15) is 5.26 Å². The number of alkyl halides is 2. The summed E-state index contributed by atoms with van der Waals surface area (Å²) in [6.45, 7) is 1.43. The zero-order valence-corrected chi connectivity index (χ0v) is 7.59. The van der Waals surface area contributed by atoms with Gasteiger partial charge in [0.25, 0.3) is 6.43 Å². The maximum atomic E-state index is 12.5. The highest BCUT2D eigenvalue weighted by Crippen LogP contribution is 2.25. The van der Waals surface area contributed by atoms with Crippen LogP contribution >= 0.6 is 0 Å². The molecular formula is C9H9F2N3. The van der Waals surface area contributed by atoms with Gasteiger partial charge in [-0.15, -0.1) is 0 Å². The molecule has 0 aliphatic heterocycles. The molecule has 1 rings (SSSR count). The number of nitrogens with zero attached hydrogens (tertiary/aromatic N) is 2. The second-order valence-electron chi connectivity index (χ2n) is 2.80. The van der Waals surface area contributed by atoms with Gasteiger partial charge in [-0.3, -0.25) is 0 Å². The number of hydrogen-bond acceptors (Lipinski definition) is 3. The average Bonchev–Trinajstić information content (AvgIpc) is 2.15. The molecule has 2 N–H and O–H groups in total. The predicted octanol–water partition coefficient (Wildman–Crippen LogP) is 1.66. The zero-order chi connectivity index (χ0) is 10.7. The lowest BCUT2D eigenvalue weighted by Gasteiger charge is -2.09. The van der Waals surface area contributed by atoms with Crippen molar-refractivity contribution in [3.63, 3.8) is 0 Å². The SMILES string of the molecule is Cc1cc(C#N)nc(CN)c1C(F)F. The Labute approximate surface area is 80.2 Å². The van der Waals surface area contributed by atoms with E-state index < -0.39 is 6.43 Å². The Kier molecular flexibility index (Phi) is 3.10. The number of aromatic nitrogens is 1. The molecule has 14 heavy (non-hydrogen) atoms. The van der Waals surface area contributed by atoms with Gasteiger partial charge < -0.3 is 5.73 Å². The summed E-state index contributed by atoms with van der Waals surface area (Å²) in [7, 11) is 0. The minimum Gasteiger partial charge on any atom is -0.325 e. The molecule has 3 nitrogen and oxygen atoms in total. The van der Waals surface area contributed by atoms with E-state index in [2.05, 4.69) is 4.98 Å². The molecule has 0 saturated carbocycles. The summed E-state index contributed by atoms with van der Waals surface area (Å²) in [5.74, 6) is 0. The van der Waals surface area contributed by atoms with Crippen molar-refractivity contribution in [2.75, 3.05) is 0 Å². The number of halogens is 2. The van der Waals surface area contributed by atoms with Gasteiger partial charge in [0.2, 0.25) is 0 Å². The summed E-state index contributed by atoms with van der Waals surface area (Å²) in [4.78, 5) is 3.73. The fourth-order valence-corrected chi connectivity index (χ4v) is 1.26. The number of nitriles is 1. The number of pyridine rings is 1. The Morgan fingerprint density at radius 2 is 2.29 bits per heavy atom. The molecule has 0 bridgehead atoms. The van der Waals surface area contributed by atoms with E-state index in [0.717, 1.165) is 0 Å². The van der Waals surface area contributed by atoms with Crippen LogP contribution in [0.5, 0.6) is 0 Å². The Balaban J connectivity index is 3.36. The molecule has 5 heteroatoms. The molecule has 0 unspecified atom stereocenters. The molecular weight excluding hydrogens is 188 g/mol. The standard InChI is InChI=1S/C9H9F2N3/c1-5-2-6(3-12)14-7(4-13)8(5)9(10)11/h2,9H,4,13H2,1H3. The number of nitrogens with two attached hydrogens (primary N) is 1. The fraction of sp³-hybridized carbons (Fsp3) is 0.333. The van der Waals surface area contributed by atoms with Gasteiger partial charge in [-0.05, 0) is 18.6 Å². The first-order chi connectivity index (χ1) is 6.60. The first-order valence-corrected chi connectivity index (χ1v) is 3.99. The van der Waals surface area contributed by atoms with Gasteiger partial charge in [0.1, 0.15) is 11.8 Å². The Hall–Kier alpha value is -1.54. The number of rotatable bonds is 2. The lowest BCUT2D eigenvalue weighted by atomic mass is 10.1. The molecule has 1 aromatic rings. The van der Waals surface area contributed by atoms with E-state index in [-0.39, 0.29) is 23.5 Å². The molecule has 0 atom stereocenters. The lowest BCUT2D eigenvalue weighted by Crippen LogP contribution is -2.08. The average molecular weight is 197 g/mol. The van der Waals surface area contributed by atoms with Gasteiger partial charge in [0.05, 0.1) is 5.69 Å². The summed E-state index contributed by atoms with van der Waals surface area (Å²) in [6, 6.07) is 3.13. The van der Waals surface area contributed by atoms with Gasteiger partial charge in [-0.1, -0.05) is 0 Å². The predicted molar refractivity (Wildman–Crippen MR) is 46.5 cm³/mol. The van der Waals surface area contributed by atoms with Crippen molar-refractivity contribution in [3.05, 3.63) is 28.6 Å². The first kappa shape index (κ1) is 10.5. The zero-order valence-electron chi connectivity index (χ0n) is 7.59. The normalized spacial score (nSPS) is 10.3. The van der Waals surface area contributed by atoms with Crippen LogP contribution in [-0.4, -0.2) is 4.98 Å². The highest BCUT2D eigenvalue weighted by molar-refractivity contribution is 5.36. The van der Waals surface area contributed by atoms with Crippen molar-refractivity contribution in [2.24, 2.45) is 5.73 Å². The topological polar surface area (TPSA) is 62.7 Å². The van der Waals surface area contributed by atoms with E-state index in [1.54, 1.807) is 6.07 Å². The smallest absolute Gasteiger partial charge is 0.265 e.